The molecule has 7 nitrogen and oxygen atoms in total. The number of nitrogens with two attached hydrogens (primary N) is 1. The quantitative estimate of drug-likeness (QED) is 0.717. The van der Waals surface area contributed by atoms with Crippen LogP contribution < -0.4 is 14.6 Å². The third kappa shape index (κ3) is 3.82. The first-order chi connectivity index (χ1) is 7.65. The number of hydrogen-bond acceptors (Lipinski definition) is 4. The van der Waals surface area contributed by atoms with E-state index in [-0.39, 0.29) is 15.6 Å². The number of anilines is 1. The van der Waals surface area contributed by atoms with Crippen molar-refractivity contribution < 1.29 is 16.8 Å². The van der Waals surface area contributed by atoms with E-state index < -0.39 is 20.2 Å². The molecule has 1 aromatic rings. The molecule has 0 fully saturated rings. The van der Waals surface area contributed by atoms with Gasteiger partial charge in [-0.25, -0.2) is 18.3 Å². The molecule has 0 amide bonds. The van der Waals surface area contributed by atoms with E-state index in [9.17, 15) is 16.8 Å². The lowest BCUT2D eigenvalue weighted by atomic mass is 10.3. The molecule has 0 aliphatic rings. The van der Waals surface area contributed by atoms with Crippen LogP contribution in [0.25, 0.3) is 0 Å². The second-order valence-corrected chi connectivity index (χ2v) is 6.58. The summed E-state index contributed by atoms with van der Waals surface area (Å²) in [5, 5.41) is 4.96. The smallest absolute Gasteiger partial charge is 0.270 e. The summed E-state index contributed by atoms with van der Waals surface area (Å²) in [6, 6.07) is 3.44. The highest BCUT2D eigenvalue weighted by Gasteiger charge is 2.14. The third-order valence-electron chi connectivity index (χ3n) is 1.78. The van der Waals surface area contributed by atoms with Crippen LogP contribution in [0.3, 0.4) is 0 Å². The zero-order chi connectivity index (χ0) is 13.3. The van der Waals surface area contributed by atoms with E-state index in [0.717, 1.165) is 6.07 Å². The Balaban J connectivity index is 3.26. The van der Waals surface area contributed by atoms with Gasteiger partial charge in [0.25, 0.3) is 10.2 Å². The summed E-state index contributed by atoms with van der Waals surface area (Å²) >= 11 is 5.72. The number of benzene rings is 1. The first kappa shape index (κ1) is 14.2. The first-order valence-corrected chi connectivity index (χ1v) is 7.60. The molecule has 0 aliphatic carbocycles. The molecular weight excluding hydrogens is 290 g/mol. The maximum absolute atomic E-state index is 11.2. The number of hydrogen-bond donors (Lipinski definition) is 3. The van der Waals surface area contributed by atoms with Crippen LogP contribution in [0.5, 0.6) is 0 Å². The lowest BCUT2D eigenvalue weighted by Gasteiger charge is -2.09. The van der Waals surface area contributed by atoms with Gasteiger partial charge in [0.05, 0.1) is 15.6 Å². The van der Waals surface area contributed by atoms with Gasteiger partial charge in [0.2, 0.25) is 10.0 Å². The summed E-state index contributed by atoms with van der Waals surface area (Å²) in [6.07, 6.45) is 0. The fourth-order valence-electron chi connectivity index (χ4n) is 0.955. The molecule has 10 heteroatoms. The van der Waals surface area contributed by atoms with Gasteiger partial charge < -0.3 is 0 Å². The van der Waals surface area contributed by atoms with Crippen molar-refractivity contribution in [3.63, 3.8) is 0 Å². The lowest BCUT2D eigenvalue weighted by Crippen LogP contribution is -2.26. The SMILES string of the molecule is CNS(=O)(=O)Nc1cc(S(N)(=O)=O)ccc1Cl. The number of nitrogens with one attached hydrogen (secondary N) is 2. The van der Waals surface area contributed by atoms with E-state index in [4.69, 9.17) is 16.7 Å². The molecule has 0 spiro atoms. The Morgan fingerprint density at radius 2 is 1.82 bits per heavy atom. The molecule has 4 N–H and O–H groups in total. The summed E-state index contributed by atoms with van der Waals surface area (Å²) < 4.78 is 48.6. The third-order valence-corrected chi connectivity index (χ3v) is 4.05. The predicted molar refractivity (Wildman–Crippen MR) is 64.4 cm³/mol. The standard InChI is InChI=1S/C7H10ClN3O4S2/c1-10-17(14,15)11-7-4-5(16(9,12)13)2-3-6(7)8/h2-4,10-11H,1H3,(H2,9,12,13). The lowest BCUT2D eigenvalue weighted by molar-refractivity contribution is 0.592. The van der Waals surface area contributed by atoms with Gasteiger partial charge in [-0.15, -0.1) is 0 Å². The molecule has 0 radical (unpaired) electrons. The van der Waals surface area contributed by atoms with Crippen molar-refractivity contribution in [2.24, 2.45) is 5.14 Å². The molecular formula is C7H10ClN3O4S2. The summed E-state index contributed by atoms with van der Waals surface area (Å²) in [6.45, 7) is 0. The van der Waals surface area contributed by atoms with Crippen LogP contribution in [0.15, 0.2) is 23.1 Å². The number of rotatable bonds is 4. The molecule has 0 atom stereocenters. The van der Waals surface area contributed by atoms with Crippen LogP contribution in [-0.4, -0.2) is 23.9 Å². The Morgan fingerprint density at radius 3 is 2.29 bits per heavy atom. The van der Waals surface area contributed by atoms with Gasteiger partial charge in [0.15, 0.2) is 0 Å². The Hall–Kier alpha value is -0.870. The van der Waals surface area contributed by atoms with E-state index >= 15 is 0 Å². The highest BCUT2D eigenvalue weighted by molar-refractivity contribution is 7.90. The second kappa shape index (κ2) is 4.78. The molecule has 1 rings (SSSR count). The second-order valence-electron chi connectivity index (χ2n) is 3.00. The van der Waals surface area contributed by atoms with Crippen molar-refractivity contribution in [3.05, 3.63) is 23.2 Å². The Labute approximate surface area is 104 Å². The average molecular weight is 300 g/mol. The molecule has 0 saturated heterocycles. The minimum absolute atomic E-state index is 0.0521. The Kier molecular flexibility index (Phi) is 3.99. The van der Waals surface area contributed by atoms with Crippen molar-refractivity contribution in [1.82, 2.24) is 4.72 Å². The van der Waals surface area contributed by atoms with Crippen LogP contribution in [0.4, 0.5) is 5.69 Å². The number of primary sulfonamides is 1. The van der Waals surface area contributed by atoms with Gasteiger partial charge in [0.1, 0.15) is 0 Å². The van der Waals surface area contributed by atoms with Gasteiger partial charge in [-0.05, 0) is 18.2 Å². The number of sulfonamides is 1. The molecule has 96 valence electrons. The van der Waals surface area contributed by atoms with Crippen molar-refractivity contribution >= 4 is 37.5 Å². The van der Waals surface area contributed by atoms with Gasteiger partial charge in [-0.1, -0.05) is 11.6 Å². The van der Waals surface area contributed by atoms with Crippen molar-refractivity contribution in [2.45, 2.75) is 4.90 Å². The number of halogens is 1. The molecule has 17 heavy (non-hydrogen) atoms. The van der Waals surface area contributed by atoms with Crippen molar-refractivity contribution in [3.8, 4) is 0 Å². The Morgan fingerprint density at radius 1 is 1.24 bits per heavy atom. The molecule has 0 aliphatic heterocycles. The van der Waals surface area contributed by atoms with Gasteiger partial charge in [-0.3, -0.25) is 4.72 Å². The summed E-state index contributed by atoms with van der Waals surface area (Å²) in [4.78, 5) is -0.240. The monoisotopic (exact) mass is 299 g/mol. The summed E-state index contributed by atoms with van der Waals surface area (Å²) in [7, 11) is -6.50. The van der Waals surface area contributed by atoms with Crippen LogP contribution in [0, 0.1) is 0 Å². The summed E-state index contributed by atoms with van der Waals surface area (Å²) in [5.41, 5.74) is -0.0764. The predicted octanol–water partition coefficient (Wildman–Crippen LogP) is -0.136. The van der Waals surface area contributed by atoms with Crippen molar-refractivity contribution in [1.29, 1.82) is 0 Å². The fraction of sp³-hybridized carbons (Fsp3) is 0.143. The molecule has 0 heterocycles. The van der Waals surface area contributed by atoms with Crippen molar-refractivity contribution in [2.75, 3.05) is 11.8 Å². The van der Waals surface area contributed by atoms with Gasteiger partial charge in [0, 0.05) is 7.05 Å². The fourth-order valence-corrected chi connectivity index (χ4v) is 2.28. The minimum atomic E-state index is -3.92. The van der Waals surface area contributed by atoms with Gasteiger partial charge >= 0.3 is 0 Å². The van der Waals surface area contributed by atoms with Crippen LogP contribution in [0.2, 0.25) is 5.02 Å². The maximum Gasteiger partial charge on any atom is 0.298 e. The first-order valence-electron chi connectivity index (χ1n) is 4.19. The highest BCUT2D eigenvalue weighted by atomic mass is 35.5. The molecule has 0 saturated carbocycles. The minimum Gasteiger partial charge on any atom is -0.270 e. The molecule has 0 bridgehead atoms. The van der Waals surface area contributed by atoms with E-state index in [0.29, 0.717) is 0 Å². The van der Waals surface area contributed by atoms with Crippen LogP contribution in [-0.2, 0) is 20.2 Å². The average Bonchev–Trinajstić information content (AvgIpc) is 2.19. The molecule has 0 aromatic heterocycles. The largest absolute Gasteiger partial charge is 0.298 e. The highest BCUT2D eigenvalue weighted by Crippen LogP contribution is 2.25. The van der Waals surface area contributed by atoms with E-state index in [2.05, 4.69) is 4.72 Å². The topological polar surface area (TPSA) is 118 Å². The Bertz CT molecular complexity index is 627. The van der Waals surface area contributed by atoms with E-state index in [1.54, 1.807) is 0 Å². The normalized spacial score (nSPS) is 12.4. The van der Waals surface area contributed by atoms with Crippen LogP contribution >= 0.6 is 11.6 Å². The molecule has 1 aromatic carbocycles. The zero-order valence-electron chi connectivity index (χ0n) is 8.64. The maximum atomic E-state index is 11.2. The van der Waals surface area contributed by atoms with E-state index in [1.807, 2.05) is 4.72 Å². The van der Waals surface area contributed by atoms with Crippen LogP contribution in [0.1, 0.15) is 0 Å². The summed E-state index contributed by atoms with van der Waals surface area (Å²) in [5.74, 6) is 0. The van der Waals surface area contributed by atoms with Gasteiger partial charge in [-0.2, -0.15) is 8.42 Å². The zero-order valence-corrected chi connectivity index (χ0v) is 11.0. The van der Waals surface area contributed by atoms with E-state index in [1.165, 1.54) is 19.2 Å². The molecule has 0 unspecified atom stereocenters.